The van der Waals surface area contributed by atoms with Crippen LogP contribution in [-0.2, 0) is 19.6 Å². The lowest BCUT2D eigenvalue weighted by molar-refractivity contribution is -0.124. The fourth-order valence-electron chi connectivity index (χ4n) is 3.23. The number of carbonyl (C=O) groups excluding carboxylic acids is 1. The molecular weight excluding hydrogens is 328 g/mol. The smallest absolute Gasteiger partial charge is 0.253 e. The first-order valence-electron chi connectivity index (χ1n) is 8.49. The van der Waals surface area contributed by atoms with Crippen molar-refractivity contribution in [2.45, 2.75) is 43.6 Å². The predicted octanol–water partition coefficient (Wildman–Crippen LogP) is 2.22. The van der Waals surface area contributed by atoms with E-state index in [1.807, 2.05) is 0 Å². The van der Waals surface area contributed by atoms with Crippen LogP contribution >= 0.6 is 0 Å². The number of amides is 1. The van der Waals surface area contributed by atoms with Gasteiger partial charge >= 0.3 is 0 Å². The van der Waals surface area contributed by atoms with Crippen LogP contribution in [0.25, 0.3) is 0 Å². The lowest BCUT2D eigenvalue weighted by atomic mass is 10.0. The predicted molar refractivity (Wildman–Crippen MR) is 91.2 cm³/mol. The summed E-state index contributed by atoms with van der Waals surface area (Å²) in [7, 11) is -3.46. The number of piperidine rings is 1. The van der Waals surface area contributed by atoms with Crippen molar-refractivity contribution in [1.82, 2.24) is 4.31 Å². The molecule has 7 heteroatoms. The van der Waals surface area contributed by atoms with E-state index in [0.717, 1.165) is 25.7 Å². The highest BCUT2D eigenvalue weighted by Gasteiger charge is 2.29. The van der Waals surface area contributed by atoms with E-state index in [0.29, 0.717) is 31.3 Å². The number of anilines is 1. The summed E-state index contributed by atoms with van der Waals surface area (Å²) in [5.41, 5.74) is 0.585. The molecule has 0 aromatic heterocycles. The molecule has 1 amide bonds. The summed E-state index contributed by atoms with van der Waals surface area (Å²) in [6, 6.07) is 6.37. The van der Waals surface area contributed by atoms with E-state index in [1.54, 1.807) is 28.6 Å². The number of carbonyl (C=O) groups is 1. The molecule has 2 atom stereocenters. The van der Waals surface area contributed by atoms with E-state index in [4.69, 9.17) is 4.74 Å². The molecule has 1 N–H and O–H groups in total. The van der Waals surface area contributed by atoms with Gasteiger partial charge in [0.05, 0.1) is 4.90 Å². The molecule has 6 nitrogen and oxygen atoms in total. The molecule has 0 bridgehead atoms. The number of hydrogen-bond donors (Lipinski definition) is 1. The van der Waals surface area contributed by atoms with E-state index in [1.165, 1.54) is 0 Å². The third-order valence-electron chi connectivity index (χ3n) is 4.60. The molecule has 0 unspecified atom stereocenters. The molecule has 0 aliphatic carbocycles. The summed E-state index contributed by atoms with van der Waals surface area (Å²) in [5, 5.41) is 2.78. The van der Waals surface area contributed by atoms with Crippen molar-refractivity contribution in [3.8, 4) is 0 Å². The van der Waals surface area contributed by atoms with Gasteiger partial charge in [-0.3, -0.25) is 4.79 Å². The Labute approximate surface area is 143 Å². The Hall–Kier alpha value is -1.44. The minimum Gasteiger partial charge on any atom is -0.368 e. The second-order valence-corrected chi connectivity index (χ2v) is 8.56. The van der Waals surface area contributed by atoms with Crippen LogP contribution < -0.4 is 5.32 Å². The summed E-state index contributed by atoms with van der Waals surface area (Å²) >= 11 is 0. The van der Waals surface area contributed by atoms with Crippen LogP contribution in [0.15, 0.2) is 29.2 Å². The number of hydrogen-bond acceptors (Lipinski definition) is 4. The first-order valence-corrected chi connectivity index (χ1v) is 9.93. The van der Waals surface area contributed by atoms with E-state index >= 15 is 0 Å². The largest absolute Gasteiger partial charge is 0.368 e. The van der Waals surface area contributed by atoms with Gasteiger partial charge in [0, 0.05) is 25.4 Å². The van der Waals surface area contributed by atoms with Crippen molar-refractivity contribution in [1.29, 1.82) is 0 Å². The quantitative estimate of drug-likeness (QED) is 0.901. The first kappa shape index (κ1) is 17.4. The van der Waals surface area contributed by atoms with Crippen LogP contribution in [0.4, 0.5) is 5.69 Å². The van der Waals surface area contributed by atoms with Crippen LogP contribution in [0.3, 0.4) is 0 Å². The van der Waals surface area contributed by atoms with Crippen molar-refractivity contribution in [2.24, 2.45) is 5.92 Å². The zero-order chi connectivity index (χ0) is 17.2. The number of ether oxygens (including phenoxy) is 1. The average Bonchev–Trinajstić information content (AvgIpc) is 3.10. The lowest BCUT2D eigenvalue weighted by Crippen LogP contribution is -2.39. The lowest BCUT2D eigenvalue weighted by Gasteiger charge is -2.30. The van der Waals surface area contributed by atoms with E-state index in [2.05, 4.69) is 12.2 Å². The van der Waals surface area contributed by atoms with E-state index < -0.39 is 16.1 Å². The molecule has 132 valence electrons. The Morgan fingerprint density at radius 3 is 2.58 bits per heavy atom. The summed E-state index contributed by atoms with van der Waals surface area (Å²) in [6.45, 7) is 3.83. The SMILES string of the molecule is C[C@@H]1CCCN(S(=O)(=O)c2ccc(NC(=O)[C@@H]3CCCO3)cc2)C1. The van der Waals surface area contributed by atoms with Gasteiger partial charge in [-0.25, -0.2) is 8.42 Å². The molecule has 0 radical (unpaired) electrons. The van der Waals surface area contributed by atoms with Gasteiger partial charge in [-0.2, -0.15) is 4.31 Å². The van der Waals surface area contributed by atoms with Crippen molar-refractivity contribution < 1.29 is 17.9 Å². The molecule has 1 aromatic carbocycles. The third kappa shape index (κ3) is 3.79. The minimum absolute atomic E-state index is 0.173. The highest BCUT2D eigenvalue weighted by atomic mass is 32.2. The van der Waals surface area contributed by atoms with E-state index in [9.17, 15) is 13.2 Å². The molecule has 2 heterocycles. The maximum Gasteiger partial charge on any atom is 0.253 e. The monoisotopic (exact) mass is 352 g/mol. The van der Waals surface area contributed by atoms with Crippen molar-refractivity contribution in [2.75, 3.05) is 25.0 Å². The Bertz CT molecular complexity index is 681. The number of benzene rings is 1. The molecule has 0 spiro atoms. The minimum atomic E-state index is -3.46. The van der Waals surface area contributed by atoms with Gasteiger partial charge in [-0.05, 0) is 55.9 Å². The molecular formula is C17H24N2O4S. The molecule has 24 heavy (non-hydrogen) atoms. The first-order chi connectivity index (χ1) is 11.5. The normalized spacial score (nSPS) is 25.5. The fourth-order valence-corrected chi connectivity index (χ4v) is 4.83. The number of nitrogens with zero attached hydrogens (tertiary/aromatic N) is 1. The maximum absolute atomic E-state index is 12.7. The molecule has 2 fully saturated rings. The zero-order valence-electron chi connectivity index (χ0n) is 13.9. The van der Waals surface area contributed by atoms with Gasteiger partial charge in [-0.1, -0.05) is 6.92 Å². The number of nitrogens with one attached hydrogen (secondary N) is 1. The standard InChI is InChI=1S/C17H24N2O4S/c1-13-4-2-10-19(12-13)24(21,22)15-8-6-14(7-9-15)18-17(20)16-5-3-11-23-16/h6-9,13,16H,2-5,10-12H2,1H3,(H,18,20)/t13-,16+/m1/s1. The molecule has 2 saturated heterocycles. The molecule has 2 aliphatic heterocycles. The maximum atomic E-state index is 12.7. The van der Waals surface area contributed by atoms with Crippen LogP contribution in [0.1, 0.15) is 32.6 Å². The Kier molecular flexibility index (Phi) is 5.22. The summed E-state index contributed by atoms with van der Waals surface area (Å²) < 4.78 is 32.3. The average molecular weight is 352 g/mol. The summed E-state index contributed by atoms with van der Waals surface area (Å²) in [6.07, 6.45) is 3.19. The van der Waals surface area contributed by atoms with Crippen LogP contribution in [0.5, 0.6) is 0 Å². The Morgan fingerprint density at radius 1 is 1.21 bits per heavy atom. The van der Waals surface area contributed by atoms with E-state index in [-0.39, 0.29) is 10.8 Å². The number of rotatable bonds is 4. The van der Waals surface area contributed by atoms with Gasteiger partial charge in [0.2, 0.25) is 10.0 Å². The molecule has 2 aliphatic rings. The Morgan fingerprint density at radius 2 is 1.96 bits per heavy atom. The topological polar surface area (TPSA) is 75.7 Å². The number of sulfonamides is 1. The van der Waals surface area contributed by atoms with Crippen molar-refractivity contribution >= 4 is 21.6 Å². The highest BCUT2D eigenvalue weighted by molar-refractivity contribution is 7.89. The van der Waals surface area contributed by atoms with Gasteiger partial charge in [0.15, 0.2) is 0 Å². The third-order valence-corrected chi connectivity index (χ3v) is 6.48. The van der Waals surface area contributed by atoms with Crippen molar-refractivity contribution in [3.05, 3.63) is 24.3 Å². The highest BCUT2D eigenvalue weighted by Crippen LogP contribution is 2.24. The second-order valence-electron chi connectivity index (χ2n) is 6.63. The zero-order valence-corrected chi connectivity index (χ0v) is 14.7. The van der Waals surface area contributed by atoms with Crippen LogP contribution in [-0.4, -0.2) is 44.4 Å². The molecule has 0 saturated carbocycles. The van der Waals surface area contributed by atoms with Gasteiger partial charge in [-0.15, -0.1) is 0 Å². The van der Waals surface area contributed by atoms with Gasteiger partial charge in [0.25, 0.3) is 5.91 Å². The van der Waals surface area contributed by atoms with Crippen LogP contribution in [0.2, 0.25) is 0 Å². The fraction of sp³-hybridized carbons (Fsp3) is 0.588. The molecule has 1 aromatic rings. The van der Waals surface area contributed by atoms with Crippen LogP contribution in [0, 0.1) is 5.92 Å². The Balaban J connectivity index is 1.68. The molecule has 3 rings (SSSR count). The summed E-state index contributed by atoms with van der Waals surface area (Å²) in [5.74, 6) is 0.214. The van der Waals surface area contributed by atoms with Crippen molar-refractivity contribution in [3.63, 3.8) is 0 Å². The second kappa shape index (κ2) is 7.21. The summed E-state index contributed by atoms with van der Waals surface area (Å²) in [4.78, 5) is 12.3. The van der Waals surface area contributed by atoms with Gasteiger partial charge in [0.1, 0.15) is 6.10 Å². The van der Waals surface area contributed by atoms with Gasteiger partial charge < -0.3 is 10.1 Å².